The van der Waals surface area contributed by atoms with Gasteiger partial charge in [0, 0.05) is 0 Å². The lowest BCUT2D eigenvalue weighted by atomic mass is 9.98. The molecule has 1 heterocycles. The zero-order valence-electron chi connectivity index (χ0n) is 15.2. The second-order valence-electron chi connectivity index (χ2n) is 6.68. The molecule has 0 spiro atoms. The lowest BCUT2D eigenvalue weighted by Crippen LogP contribution is -2.34. The van der Waals surface area contributed by atoms with E-state index in [0.717, 1.165) is 16.7 Å². The Kier molecular flexibility index (Phi) is 5.27. The Hall–Kier alpha value is -2.15. The van der Waals surface area contributed by atoms with Gasteiger partial charge in [0.25, 0.3) is 10.0 Å². The summed E-state index contributed by atoms with van der Waals surface area (Å²) in [5.74, 6) is 0. The molecule has 3 nitrogen and oxygen atoms in total. The molecule has 0 bridgehead atoms. The summed E-state index contributed by atoms with van der Waals surface area (Å²) < 4.78 is 28.9. The molecule has 142 valence electrons. The molecule has 28 heavy (non-hydrogen) atoms. The molecule has 6 heteroatoms. The Morgan fingerprint density at radius 2 is 1.36 bits per heavy atom. The zero-order chi connectivity index (χ0) is 19.7. The summed E-state index contributed by atoms with van der Waals surface area (Å²) >= 11 is 7.01. The maximum absolute atomic E-state index is 13.5. The normalized spacial score (nSPS) is 19.8. The first-order valence-corrected chi connectivity index (χ1v) is 11.6. The Balaban J connectivity index is 1.85. The average molecular weight is 426 g/mol. The van der Waals surface area contributed by atoms with E-state index in [1.807, 2.05) is 79.7 Å². The molecule has 1 saturated heterocycles. The number of sulfonamides is 1. The highest BCUT2D eigenvalue weighted by Gasteiger charge is 2.46. The van der Waals surface area contributed by atoms with Crippen LogP contribution in [0.15, 0.2) is 89.8 Å². The fraction of sp³-hybridized carbons (Fsp3) is 0.136. The van der Waals surface area contributed by atoms with Crippen LogP contribution in [-0.2, 0) is 10.0 Å². The molecule has 0 saturated carbocycles. The van der Waals surface area contributed by atoms with Gasteiger partial charge < -0.3 is 0 Å². The Morgan fingerprint density at radius 1 is 0.821 bits per heavy atom. The van der Waals surface area contributed by atoms with Gasteiger partial charge in [-0.2, -0.15) is 0 Å². The van der Waals surface area contributed by atoms with Crippen LogP contribution in [0.2, 0.25) is 0 Å². The van der Waals surface area contributed by atoms with E-state index in [1.54, 1.807) is 12.1 Å². The number of nitrogens with zero attached hydrogens (tertiary/aromatic N) is 1. The van der Waals surface area contributed by atoms with E-state index in [0.29, 0.717) is 4.32 Å². The van der Waals surface area contributed by atoms with Gasteiger partial charge in [0.2, 0.25) is 0 Å². The third kappa shape index (κ3) is 3.48. The fourth-order valence-corrected chi connectivity index (χ4v) is 7.19. The van der Waals surface area contributed by atoms with Gasteiger partial charge in [-0.05, 0) is 30.2 Å². The summed E-state index contributed by atoms with van der Waals surface area (Å²) in [6.07, 6.45) is 0. The van der Waals surface area contributed by atoms with E-state index in [9.17, 15) is 8.42 Å². The van der Waals surface area contributed by atoms with E-state index >= 15 is 0 Å². The van der Waals surface area contributed by atoms with Crippen LogP contribution in [-0.4, -0.2) is 17.0 Å². The Bertz CT molecular complexity index is 1080. The van der Waals surface area contributed by atoms with Gasteiger partial charge in [-0.3, -0.25) is 0 Å². The monoisotopic (exact) mass is 425 g/mol. The number of aryl methyl sites for hydroxylation is 1. The standard InChI is InChI=1S/C22H19NO2S3/c1-16-12-14-19(15-13-16)28(24,25)23-20(17-8-4-2-5-9-17)21(27-22(23)26)18-10-6-3-7-11-18/h2-15,20-21H,1H3. The molecule has 2 unspecified atom stereocenters. The minimum atomic E-state index is -3.77. The van der Waals surface area contributed by atoms with E-state index < -0.39 is 16.1 Å². The van der Waals surface area contributed by atoms with Crippen LogP contribution >= 0.6 is 24.0 Å². The molecule has 0 aliphatic carbocycles. The number of hydrogen-bond acceptors (Lipinski definition) is 4. The summed E-state index contributed by atoms with van der Waals surface area (Å²) in [7, 11) is -3.77. The maximum atomic E-state index is 13.5. The van der Waals surface area contributed by atoms with E-state index in [-0.39, 0.29) is 10.1 Å². The van der Waals surface area contributed by atoms with Crippen molar-refractivity contribution in [3.8, 4) is 0 Å². The van der Waals surface area contributed by atoms with Crippen LogP contribution < -0.4 is 0 Å². The van der Waals surface area contributed by atoms with Crippen LogP contribution in [0.4, 0.5) is 0 Å². The van der Waals surface area contributed by atoms with E-state index in [4.69, 9.17) is 12.2 Å². The summed E-state index contributed by atoms with van der Waals surface area (Å²) in [5.41, 5.74) is 3.00. The number of hydrogen-bond donors (Lipinski definition) is 0. The van der Waals surface area contributed by atoms with Gasteiger partial charge in [0.05, 0.1) is 16.2 Å². The number of rotatable bonds is 4. The quantitative estimate of drug-likeness (QED) is 0.517. The van der Waals surface area contributed by atoms with Crippen LogP contribution in [0, 0.1) is 6.92 Å². The maximum Gasteiger partial charge on any atom is 0.265 e. The molecular weight excluding hydrogens is 406 g/mol. The molecule has 1 aliphatic rings. The predicted octanol–water partition coefficient (Wildman–Crippen LogP) is 5.50. The smallest absolute Gasteiger partial charge is 0.242 e. The van der Waals surface area contributed by atoms with Crippen molar-refractivity contribution in [1.29, 1.82) is 0 Å². The molecule has 0 aromatic heterocycles. The summed E-state index contributed by atoms with van der Waals surface area (Å²) in [5, 5.41) is -0.101. The fourth-order valence-electron chi connectivity index (χ4n) is 3.39. The summed E-state index contributed by atoms with van der Waals surface area (Å²) in [6, 6.07) is 26.2. The molecule has 2 atom stereocenters. The molecule has 0 amide bonds. The van der Waals surface area contributed by atoms with Gasteiger partial charge in [-0.25, -0.2) is 12.7 Å². The topological polar surface area (TPSA) is 37.4 Å². The second kappa shape index (κ2) is 7.70. The Morgan fingerprint density at radius 3 is 1.93 bits per heavy atom. The molecule has 3 aromatic carbocycles. The van der Waals surface area contributed by atoms with Gasteiger partial charge in [-0.1, -0.05) is 102 Å². The second-order valence-corrected chi connectivity index (χ2v) is 10.3. The largest absolute Gasteiger partial charge is 0.265 e. The van der Waals surface area contributed by atoms with Crippen LogP contribution in [0.5, 0.6) is 0 Å². The summed E-state index contributed by atoms with van der Waals surface area (Å²) in [4.78, 5) is 0.260. The van der Waals surface area contributed by atoms with Crippen molar-refractivity contribution >= 4 is 38.3 Å². The lowest BCUT2D eigenvalue weighted by molar-refractivity contribution is 0.449. The Labute approximate surface area is 175 Å². The SMILES string of the molecule is Cc1ccc(S(=O)(=O)N2C(=S)SC(c3ccccc3)C2c2ccccc2)cc1. The van der Waals surface area contributed by atoms with Gasteiger partial charge in [0.1, 0.15) is 0 Å². The van der Waals surface area contributed by atoms with E-state index in [2.05, 4.69) is 0 Å². The third-order valence-corrected chi connectivity index (χ3v) is 8.49. The van der Waals surface area contributed by atoms with Crippen molar-refractivity contribution < 1.29 is 8.42 Å². The highest BCUT2D eigenvalue weighted by Crippen LogP contribution is 2.53. The third-order valence-electron chi connectivity index (χ3n) is 4.79. The van der Waals surface area contributed by atoms with Crippen molar-refractivity contribution in [2.45, 2.75) is 23.1 Å². The first-order valence-electron chi connectivity index (χ1n) is 8.90. The molecular formula is C22H19NO2S3. The number of thiocarbonyl (C=S) groups is 1. The summed E-state index contributed by atoms with van der Waals surface area (Å²) in [6.45, 7) is 1.94. The van der Waals surface area contributed by atoms with E-state index in [1.165, 1.54) is 16.1 Å². The van der Waals surface area contributed by atoms with Gasteiger partial charge in [0.15, 0.2) is 4.32 Å². The van der Waals surface area contributed by atoms with Crippen molar-refractivity contribution in [2.24, 2.45) is 0 Å². The molecule has 0 radical (unpaired) electrons. The van der Waals surface area contributed by atoms with Crippen LogP contribution in [0.3, 0.4) is 0 Å². The average Bonchev–Trinajstić information content (AvgIpc) is 3.07. The molecule has 4 rings (SSSR count). The highest BCUT2D eigenvalue weighted by molar-refractivity contribution is 8.24. The van der Waals surface area contributed by atoms with Gasteiger partial charge in [-0.15, -0.1) is 0 Å². The van der Waals surface area contributed by atoms with Crippen LogP contribution in [0.25, 0.3) is 0 Å². The van der Waals surface area contributed by atoms with Crippen molar-refractivity contribution in [2.75, 3.05) is 0 Å². The molecule has 0 N–H and O–H groups in total. The number of thioether (sulfide) groups is 1. The minimum Gasteiger partial charge on any atom is -0.242 e. The number of benzene rings is 3. The molecule has 3 aromatic rings. The first kappa shape index (κ1) is 19.2. The molecule has 1 fully saturated rings. The lowest BCUT2D eigenvalue weighted by Gasteiger charge is -2.28. The van der Waals surface area contributed by atoms with Crippen molar-refractivity contribution in [3.63, 3.8) is 0 Å². The van der Waals surface area contributed by atoms with Crippen molar-refractivity contribution in [1.82, 2.24) is 4.31 Å². The predicted molar refractivity (Wildman–Crippen MR) is 119 cm³/mol. The van der Waals surface area contributed by atoms with Crippen molar-refractivity contribution in [3.05, 3.63) is 102 Å². The van der Waals surface area contributed by atoms with Crippen LogP contribution in [0.1, 0.15) is 28.0 Å². The zero-order valence-corrected chi connectivity index (χ0v) is 17.7. The first-order chi connectivity index (χ1) is 13.5. The highest BCUT2D eigenvalue weighted by atomic mass is 32.2. The minimum absolute atomic E-state index is 0.101. The molecule has 1 aliphatic heterocycles. The van der Waals surface area contributed by atoms with Gasteiger partial charge >= 0.3 is 0 Å².